The smallest absolute Gasteiger partial charge is 0.317 e. The number of benzene rings is 1. The summed E-state index contributed by atoms with van der Waals surface area (Å²) >= 11 is 0. The highest BCUT2D eigenvalue weighted by Gasteiger charge is 2.19. The lowest BCUT2D eigenvalue weighted by Gasteiger charge is -2.26. The lowest BCUT2D eigenvalue weighted by molar-refractivity contribution is -0.143. The second-order valence-corrected chi connectivity index (χ2v) is 10.1. The third-order valence-electron chi connectivity index (χ3n) is 6.16. The number of nitrogens with one attached hydrogen (secondary N) is 2. The fourth-order valence-electron chi connectivity index (χ4n) is 4.23. The maximum atomic E-state index is 12.2. The minimum Gasteiger partial charge on any atom is -0.480 e. The topological polar surface area (TPSA) is 241 Å². The van der Waals surface area contributed by atoms with E-state index in [1.165, 1.54) is 14.7 Å². The average Bonchev–Trinajstić information content (AvgIpc) is 2.89. The van der Waals surface area contributed by atoms with Crippen LogP contribution in [0.2, 0.25) is 0 Å². The van der Waals surface area contributed by atoms with Gasteiger partial charge in [-0.2, -0.15) is 0 Å². The quantitative estimate of drug-likeness (QED) is 0.0562. The lowest BCUT2D eigenvalue weighted by atomic mass is 10.1. The van der Waals surface area contributed by atoms with Gasteiger partial charge >= 0.3 is 29.8 Å². The molecule has 7 N–H and O–H groups in total. The van der Waals surface area contributed by atoms with Crippen LogP contribution in [0.4, 0.5) is 0 Å². The van der Waals surface area contributed by atoms with Crippen molar-refractivity contribution in [3.8, 4) is 0 Å². The molecule has 246 valence electrons. The zero-order valence-corrected chi connectivity index (χ0v) is 24.7. The maximum absolute atomic E-state index is 12.2. The first-order chi connectivity index (χ1) is 20.8. The molecule has 0 saturated heterocycles. The summed E-state index contributed by atoms with van der Waals surface area (Å²) in [5.41, 5.74) is 1.46. The van der Waals surface area contributed by atoms with Crippen LogP contribution in [0.1, 0.15) is 11.1 Å². The first-order valence-corrected chi connectivity index (χ1v) is 13.7. The molecule has 0 aliphatic carbocycles. The van der Waals surface area contributed by atoms with E-state index in [9.17, 15) is 44.1 Å². The number of carbonyl (C=O) groups excluding carboxylic acids is 1. The Hall–Kier alpha value is -4.16. The van der Waals surface area contributed by atoms with E-state index < -0.39 is 49.5 Å². The Morgan fingerprint density at radius 1 is 0.523 bits per heavy atom. The molecule has 17 nitrogen and oxygen atoms in total. The maximum Gasteiger partial charge on any atom is 0.317 e. The van der Waals surface area contributed by atoms with Crippen LogP contribution >= 0.6 is 0 Å². The Labute approximate surface area is 254 Å². The van der Waals surface area contributed by atoms with E-state index in [1.807, 2.05) is 0 Å². The van der Waals surface area contributed by atoms with Crippen molar-refractivity contribution in [3.63, 3.8) is 0 Å². The van der Waals surface area contributed by atoms with Crippen molar-refractivity contribution >= 4 is 35.8 Å². The van der Waals surface area contributed by atoms with Gasteiger partial charge in [-0.05, 0) is 18.2 Å². The van der Waals surface area contributed by atoms with E-state index in [0.29, 0.717) is 13.1 Å². The lowest BCUT2D eigenvalue weighted by Crippen LogP contribution is -2.44. The standard InChI is InChI=1S/C27H42N6O11/c1-28-6-7-29-22(34)14-32(17-25(39)40)10-8-30(15-23(35)36)12-20-2-4-21(5-3-20)13-31(16-24(37)38)9-11-33(18-26(41)42)19-27(43)44/h2-5,28H,6-19H2,1H3,(H,29,34)(H,35,36)(H,37,38)(H,39,40)(H,41,42)(H,43,44). The van der Waals surface area contributed by atoms with Gasteiger partial charge in [-0.1, -0.05) is 24.3 Å². The van der Waals surface area contributed by atoms with Crippen molar-refractivity contribution in [2.45, 2.75) is 13.1 Å². The summed E-state index contributed by atoms with van der Waals surface area (Å²) in [6.45, 7) is -0.538. The van der Waals surface area contributed by atoms with Gasteiger partial charge in [0.25, 0.3) is 0 Å². The Bertz CT molecular complexity index is 1090. The fraction of sp³-hybridized carbons (Fsp3) is 0.556. The highest BCUT2D eigenvalue weighted by atomic mass is 16.4. The molecule has 1 aromatic rings. The Kier molecular flexibility index (Phi) is 17.8. The van der Waals surface area contributed by atoms with Crippen molar-refractivity contribution < 1.29 is 54.3 Å². The van der Waals surface area contributed by atoms with Crippen LogP contribution in [0, 0.1) is 0 Å². The Morgan fingerprint density at radius 3 is 1.18 bits per heavy atom. The molecule has 0 saturated carbocycles. The molecular weight excluding hydrogens is 584 g/mol. The summed E-state index contributed by atoms with van der Waals surface area (Å²) in [5, 5.41) is 51.6. The molecule has 0 fully saturated rings. The van der Waals surface area contributed by atoms with Gasteiger partial charge in [0.15, 0.2) is 0 Å². The van der Waals surface area contributed by atoms with Crippen LogP contribution in [-0.2, 0) is 41.9 Å². The number of carbonyl (C=O) groups is 6. The summed E-state index contributed by atoms with van der Waals surface area (Å²) in [7, 11) is 1.73. The van der Waals surface area contributed by atoms with Gasteiger partial charge in [0, 0.05) is 52.4 Å². The third-order valence-corrected chi connectivity index (χ3v) is 6.16. The van der Waals surface area contributed by atoms with Gasteiger partial charge in [-0.15, -0.1) is 0 Å². The number of hydrogen-bond acceptors (Lipinski definition) is 11. The molecule has 0 unspecified atom stereocenters. The van der Waals surface area contributed by atoms with Crippen LogP contribution in [0.25, 0.3) is 0 Å². The van der Waals surface area contributed by atoms with Crippen molar-refractivity contribution in [2.24, 2.45) is 0 Å². The molecule has 0 radical (unpaired) electrons. The summed E-state index contributed by atoms with van der Waals surface area (Å²) < 4.78 is 0. The van der Waals surface area contributed by atoms with Crippen LogP contribution in [0.5, 0.6) is 0 Å². The molecule has 44 heavy (non-hydrogen) atoms. The number of carboxylic acids is 5. The number of carboxylic acid groups (broad SMARTS) is 5. The van der Waals surface area contributed by atoms with Crippen LogP contribution < -0.4 is 10.6 Å². The minimum atomic E-state index is -1.20. The van der Waals surface area contributed by atoms with Gasteiger partial charge in [0.1, 0.15) is 0 Å². The van der Waals surface area contributed by atoms with E-state index in [4.69, 9.17) is 10.2 Å². The normalized spacial score (nSPS) is 11.3. The fourth-order valence-corrected chi connectivity index (χ4v) is 4.23. The van der Waals surface area contributed by atoms with E-state index >= 15 is 0 Å². The van der Waals surface area contributed by atoms with E-state index in [2.05, 4.69) is 10.6 Å². The van der Waals surface area contributed by atoms with E-state index in [0.717, 1.165) is 11.1 Å². The van der Waals surface area contributed by atoms with Crippen molar-refractivity contribution in [1.29, 1.82) is 0 Å². The van der Waals surface area contributed by atoms with E-state index in [-0.39, 0.29) is 64.8 Å². The molecule has 1 aromatic carbocycles. The van der Waals surface area contributed by atoms with Gasteiger partial charge < -0.3 is 36.2 Å². The molecule has 0 aromatic heterocycles. The number of rotatable bonds is 25. The van der Waals surface area contributed by atoms with Gasteiger partial charge in [-0.25, -0.2) is 0 Å². The summed E-state index contributed by atoms with van der Waals surface area (Å²) in [6, 6.07) is 6.96. The van der Waals surface area contributed by atoms with Crippen LogP contribution in [-0.4, -0.2) is 166 Å². The molecule has 0 aliphatic rings. The third kappa shape index (κ3) is 18.4. The molecular formula is C27H42N6O11. The monoisotopic (exact) mass is 626 g/mol. The predicted molar refractivity (Wildman–Crippen MR) is 155 cm³/mol. The van der Waals surface area contributed by atoms with Crippen molar-refractivity contribution in [1.82, 2.24) is 30.2 Å². The molecule has 0 aliphatic heterocycles. The molecule has 1 amide bonds. The summed E-state index contributed by atoms with van der Waals surface area (Å²) in [4.78, 5) is 74.2. The van der Waals surface area contributed by atoms with Gasteiger partial charge in [0.05, 0.1) is 39.3 Å². The van der Waals surface area contributed by atoms with Crippen LogP contribution in [0.3, 0.4) is 0 Å². The Balaban J connectivity index is 2.87. The number of likely N-dealkylation sites (N-methyl/N-ethyl adjacent to an activating group) is 1. The van der Waals surface area contributed by atoms with Crippen LogP contribution in [0.15, 0.2) is 24.3 Å². The average molecular weight is 627 g/mol. The molecule has 0 bridgehead atoms. The zero-order valence-electron chi connectivity index (χ0n) is 24.7. The van der Waals surface area contributed by atoms with Gasteiger partial charge in [-0.3, -0.25) is 48.4 Å². The van der Waals surface area contributed by atoms with Gasteiger partial charge in [0.2, 0.25) is 5.91 Å². The highest BCUT2D eigenvalue weighted by molar-refractivity contribution is 5.79. The summed E-state index contributed by atoms with van der Waals surface area (Å²) in [6.07, 6.45) is 0. The molecule has 0 spiro atoms. The summed E-state index contributed by atoms with van der Waals surface area (Å²) in [5.74, 6) is -6.08. The number of aliphatic carboxylic acids is 5. The van der Waals surface area contributed by atoms with Crippen molar-refractivity contribution in [2.75, 3.05) is 85.6 Å². The molecule has 17 heteroatoms. The predicted octanol–water partition coefficient (Wildman–Crippen LogP) is -2.35. The molecule has 0 heterocycles. The second-order valence-electron chi connectivity index (χ2n) is 10.1. The SMILES string of the molecule is CNCCNC(=O)CN(CCN(CC(=O)O)Cc1ccc(CN(CCN(CC(=O)O)CC(=O)O)CC(=O)O)cc1)CC(=O)O. The van der Waals surface area contributed by atoms with Crippen molar-refractivity contribution in [3.05, 3.63) is 35.4 Å². The largest absolute Gasteiger partial charge is 0.480 e. The van der Waals surface area contributed by atoms with E-state index in [1.54, 1.807) is 36.2 Å². The molecule has 0 atom stereocenters. The first kappa shape index (κ1) is 37.9. The number of nitrogens with zero attached hydrogens (tertiary/aromatic N) is 4. The zero-order chi connectivity index (χ0) is 33.1. The number of hydrogen-bond donors (Lipinski definition) is 7. The number of amides is 1. The minimum absolute atomic E-state index is 0.0185. The molecule has 1 rings (SSSR count). The first-order valence-electron chi connectivity index (χ1n) is 13.7. The second kappa shape index (κ2) is 20.7. The highest BCUT2D eigenvalue weighted by Crippen LogP contribution is 2.11. The Morgan fingerprint density at radius 2 is 0.841 bits per heavy atom.